The molecule has 1 N–H and O–H groups in total. The standard InChI is InChI=1S/C22H28N2O2/c1-6-24(7-2)21(26)17-10-14-19(15-11-17)23-20(25)16-8-12-18(13-9-16)22(3,4)5/h8-15H,6-7H2,1-5H3,(H,23,25). The molecular formula is C22H28N2O2. The van der Waals surface area contributed by atoms with Crippen LogP contribution in [0.1, 0.15) is 60.9 Å². The van der Waals surface area contributed by atoms with Gasteiger partial charge in [0.15, 0.2) is 0 Å². The predicted octanol–water partition coefficient (Wildman–Crippen LogP) is 4.72. The lowest BCUT2D eigenvalue weighted by Gasteiger charge is -2.19. The molecule has 2 amide bonds. The van der Waals surface area contributed by atoms with Gasteiger partial charge in [-0.2, -0.15) is 0 Å². The van der Waals surface area contributed by atoms with E-state index in [1.54, 1.807) is 29.2 Å². The van der Waals surface area contributed by atoms with Crippen LogP contribution in [0.5, 0.6) is 0 Å². The zero-order valence-electron chi connectivity index (χ0n) is 16.3. The van der Waals surface area contributed by atoms with Crippen molar-refractivity contribution in [2.75, 3.05) is 18.4 Å². The van der Waals surface area contributed by atoms with Crippen molar-refractivity contribution in [1.29, 1.82) is 0 Å². The summed E-state index contributed by atoms with van der Waals surface area (Å²) in [5.74, 6) is -0.154. The Kier molecular flexibility index (Phi) is 6.19. The second-order valence-electron chi connectivity index (χ2n) is 7.34. The minimum atomic E-state index is -0.159. The first-order chi connectivity index (χ1) is 12.3. The quantitative estimate of drug-likeness (QED) is 0.846. The zero-order chi connectivity index (χ0) is 19.3. The fraction of sp³-hybridized carbons (Fsp3) is 0.364. The van der Waals surface area contributed by atoms with Gasteiger partial charge in [0, 0.05) is 29.9 Å². The molecule has 26 heavy (non-hydrogen) atoms. The molecule has 0 fully saturated rings. The first-order valence-electron chi connectivity index (χ1n) is 9.07. The van der Waals surface area contributed by atoms with Gasteiger partial charge >= 0.3 is 0 Å². The van der Waals surface area contributed by atoms with Crippen molar-refractivity contribution in [2.45, 2.75) is 40.0 Å². The Labute approximate surface area is 156 Å². The van der Waals surface area contributed by atoms with Gasteiger partial charge in [-0.25, -0.2) is 0 Å². The third kappa shape index (κ3) is 4.72. The average molecular weight is 352 g/mol. The number of hydrogen-bond acceptors (Lipinski definition) is 2. The summed E-state index contributed by atoms with van der Waals surface area (Å²) in [5.41, 5.74) is 3.16. The molecule has 4 heteroatoms. The molecule has 2 aromatic rings. The maximum atomic E-state index is 12.4. The summed E-state index contributed by atoms with van der Waals surface area (Å²) in [6, 6.07) is 14.7. The van der Waals surface area contributed by atoms with Gasteiger partial charge in [0.25, 0.3) is 11.8 Å². The largest absolute Gasteiger partial charge is 0.339 e. The maximum Gasteiger partial charge on any atom is 0.255 e. The molecule has 0 aromatic heterocycles. The molecule has 0 aliphatic heterocycles. The van der Waals surface area contributed by atoms with Crippen LogP contribution in [-0.4, -0.2) is 29.8 Å². The molecule has 0 saturated carbocycles. The van der Waals surface area contributed by atoms with Crippen molar-refractivity contribution in [3.8, 4) is 0 Å². The highest BCUT2D eigenvalue weighted by molar-refractivity contribution is 6.04. The van der Waals surface area contributed by atoms with Crippen LogP contribution in [0, 0.1) is 0 Å². The van der Waals surface area contributed by atoms with Crippen molar-refractivity contribution >= 4 is 17.5 Å². The van der Waals surface area contributed by atoms with Crippen LogP contribution in [0.2, 0.25) is 0 Å². The summed E-state index contributed by atoms with van der Waals surface area (Å²) in [5, 5.41) is 2.88. The lowest BCUT2D eigenvalue weighted by molar-refractivity contribution is 0.0773. The van der Waals surface area contributed by atoms with E-state index < -0.39 is 0 Å². The smallest absolute Gasteiger partial charge is 0.255 e. The first kappa shape index (κ1) is 19.7. The van der Waals surface area contributed by atoms with E-state index in [1.165, 1.54) is 5.56 Å². The number of nitrogens with one attached hydrogen (secondary N) is 1. The van der Waals surface area contributed by atoms with E-state index in [0.717, 1.165) is 0 Å². The Morgan fingerprint density at radius 2 is 1.35 bits per heavy atom. The molecule has 0 radical (unpaired) electrons. The SMILES string of the molecule is CCN(CC)C(=O)c1ccc(NC(=O)c2ccc(C(C)(C)C)cc2)cc1. The lowest BCUT2D eigenvalue weighted by Crippen LogP contribution is -2.30. The molecule has 0 bridgehead atoms. The second kappa shape index (κ2) is 8.17. The second-order valence-corrected chi connectivity index (χ2v) is 7.34. The molecule has 0 saturated heterocycles. The molecule has 0 atom stereocenters. The summed E-state index contributed by atoms with van der Waals surface area (Å²) in [6.45, 7) is 11.7. The zero-order valence-corrected chi connectivity index (χ0v) is 16.3. The van der Waals surface area contributed by atoms with Gasteiger partial charge in [-0.1, -0.05) is 32.9 Å². The van der Waals surface area contributed by atoms with Gasteiger partial charge in [-0.15, -0.1) is 0 Å². The van der Waals surface area contributed by atoms with Gasteiger partial charge in [0.1, 0.15) is 0 Å². The number of amides is 2. The summed E-state index contributed by atoms with van der Waals surface area (Å²) < 4.78 is 0. The summed E-state index contributed by atoms with van der Waals surface area (Å²) in [6.07, 6.45) is 0. The molecule has 0 heterocycles. The Morgan fingerprint density at radius 1 is 0.846 bits per heavy atom. The first-order valence-corrected chi connectivity index (χ1v) is 9.07. The molecule has 2 aromatic carbocycles. The van der Waals surface area contributed by atoms with Gasteiger partial charge in [-0.05, 0) is 61.2 Å². The van der Waals surface area contributed by atoms with Crippen molar-refractivity contribution in [1.82, 2.24) is 4.90 Å². The van der Waals surface area contributed by atoms with E-state index >= 15 is 0 Å². The number of nitrogens with zero attached hydrogens (tertiary/aromatic N) is 1. The van der Waals surface area contributed by atoms with Crippen molar-refractivity contribution in [3.05, 3.63) is 65.2 Å². The molecule has 0 aliphatic rings. The number of benzene rings is 2. The Hall–Kier alpha value is -2.62. The fourth-order valence-corrected chi connectivity index (χ4v) is 2.71. The van der Waals surface area contributed by atoms with Crippen LogP contribution in [0.4, 0.5) is 5.69 Å². The Balaban J connectivity index is 2.06. The molecular weight excluding hydrogens is 324 g/mol. The minimum absolute atomic E-state index is 0.00523. The molecule has 4 nitrogen and oxygen atoms in total. The average Bonchev–Trinajstić information content (AvgIpc) is 2.62. The Morgan fingerprint density at radius 3 is 1.81 bits per heavy atom. The number of rotatable bonds is 5. The third-order valence-corrected chi connectivity index (χ3v) is 4.45. The van der Waals surface area contributed by atoms with Crippen molar-refractivity contribution in [3.63, 3.8) is 0 Å². The van der Waals surface area contributed by atoms with Crippen LogP contribution in [0.15, 0.2) is 48.5 Å². The topological polar surface area (TPSA) is 49.4 Å². The number of carbonyl (C=O) groups is 2. The van der Waals surface area contributed by atoms with Gasteiger partial charge in [0.05, 0.1) is 0 Å². The monoisotopic (exact) mass is 352 g/mol. The highest BCUT2D eigenvalue weighted by Gasteiger charge is 2.15. The van der Waals surface area contributed by atoms with Gasteiger partial charge in [0.2, 0.25) is 0 Å². The van der Waals surface area contributed by atoms with Crippen LogP contribution in [0.25, 0.3) is 0 Å². The molecule has 2 rings (SSSR count). The van der Waals surface area contributed by atoms with Crippen LogP contribution in [-0.2, 0) is 5.41 Å². The summed E-state index contributed by atoms with van der Waals surface area (Å²) in [4.78, 5) is 26.5. The van der Waals surface area contributed by atoms with E-state index in [-0.39, 0.29) is 17.2 Å². The fourth-order valence-electron chi connectivity index (χ4n) is 2.71. The van der Waals surface area contributed by atoms with E-state index in [0.29, 0.717) is 29.9 Å². The van der Waals surface area contributed by atoms with E-state index in [1.807, 2.05) is 38.1 Å². The molecule has 0 unspecified atom stereocenters. The normalized spacial score (nSPS) is 11.1. The van der Waals surface area contributed by atoms with Gasteiger partial charge < -0.3 is 10.2 Å². The molecule has 138 valence electrons. The minimum Gasteiger partial charge on any atom is -0.339 e. The van der Waals surface area contributed by atoms with E-state index in [2.05, 4.69) is 26.1 Å². The highest BCUT2D eigenvalue weighted by Crippen LogP contribution is 2.22. The highest BCUT2D eigenvalue weighted by atomic mass is 16.2. The predicted molar refractivity (Wildman–Crippen MR) is 107 cm³/mol. The number of carbonyl (C=O) groups excluding carboxylic acids is 2. The summed E-state index contributed by atoms with van der Waals surface area (Å²) >= 11 is 0. The lowest BCUT2D eigenvalue weighted by atomic mass is 9.87. The number of hydrogen-bond donors (Lipinski definition) is 1. The number of anilines is 1. The van der Waals surface area contributed by atoms with E-state index in [4.69, 9.17) is 0 Å². The Bertz CT molecular complexity index is 752. The van der Waals surface area contributed by atoms with Crippen LogP contribution < -0.4 is 5.32 Å². The van der Waals surface area contributed by atoms with Crippen molar-refractivity contribution in [2.24, 2.45) is 0 Å². The summed E-state index contributed by atoms with van der Waals surface area (Å²) in [7, 11) is 0. The maximum absolute atomic E-state index is 12.4. The molecule has 0 aliphatic carbocycles. The van der Waals surface area contributed by atoms with Crippen LogP contribution >= 0.6 is 0 Å². The van der Waals surface area contributed by atoms with Crippen molar-refractivity contribution < 1.29 is 9.59 Å². The third-order valence-electron chi connectivity index (χ3n) is 4.45. The van der Waals surface area contributed by atoms with Gasteiger partial charge in [-0.3, -0.25) is 9.59 Å². The van der Waals surface area contributed by atoms with Crippen LogP contribution in [0.3, 0.4) is 0 Å². The molecule has 0 spiro atoms. The van der Waals surface area contributed by atoms with E-state index in [9.17, 15) is 9.59 Å².